The molecule has 1 aromatic carbocycles. The Hall–Kier alpha value is -0.470. The fourth-order valence-electron chi connectivity index (χ4n) is 1.13. The third-order valence-electron chi connectivity index (χ3n) is 2.27. The van der Waals surface area contributed by atoms with Crippen LogP contribution in [-0.2, 0) is 5.41 Å². The molecule has 0 bridgehead atoms. The van der Waals surface area contributed by atoms with E-state index in [4.69, 9.17) is 5.11 Å². The maximum Gasteiger partial charge on any atom is 0.0522 e. The highest BCUT2D eigenvalue weighted by Crippen LogP contribution is 2.24. The first kappa shape index (κ1) is 10.6. The van der Waals surface area contributed by atoms with Crippen molar-refractivity contribution >= 4 is 11.8 Å². The lowest BCUT2D eigenvalue weighted by molar-refractivity contribution is 0.218. The summed E-state index contributed by atoms with van der Waals surface area (Å²) in [5.74, 6) is 0. The summed E-state index contributed by atoms with van der Waals surface area (Å²) in [7, 11) is 0. The molecule has 0 aromatic heterocycles. The van der Waals surface area contributed by atoms with E-state index in [2.05, 4.69) is 30.5 Å². The van der Waals surface area contributed by atoms with Crippen molar-refractivity contribution in [3.05, 3.63) is 29.8 Å². The van der Waals surface area contributed by atoms with Crippen LogP contribution in [0.1, 0.15) is 19.4 Å². The molecule has 0 amide bonds. The van der Waals surface area contributed by atoms with Crippen LogP contribution in [0.2, 0.25) is 0 Å². The van der Waals surface area contributed by atoms with E-state index in [1.165, 1.54) is 10.5 Å². The molecule has 13 heavy (non-hydrogen) atoms. The van der Waals surface area contributed by atoms with Gasteiger partial charge in [-0.2, -0.15) is 0 Å². The Bertz CT molecular complexity index is 264. The van der Waals surface area contributed by atoms with Crippen LogP contribution in [0, 0.1) is 0 Å². The van der Waals surface area contributed by atoms with Gasteiger partial charge in [-0.25, -0.2) is 0 Å². The zero-order valence-corrected chi connectivity index (χ0v) is 9.19. The van der Waals surface area contributed by atoms with Crippen LogP contribution in [0.3, 0.4) is 0 Å². The van der Waals surface area contributed by atoms with Crippen molar-refractivity contribution in [2.24, 2.45) is 0 Å². The second-order valence-electron chi connectivity index (χ2n) is 3.77. The first-order valence-corrected chi connectivity index (χ1v) is 5.58. The number of hydrogen-bond donors (Lipinski definition) is 1. The highest BCUT2D eigenvalue weighted by molar-refractivity contribution is 7.98. The summed E-state index contributed by atoms with van der Waals surface area (Å²) in [6.45, 7) is 4.27. The van der Waals surface area contributed by atoms with Crippen LogP contribution in [0.15, 0.2) is 29.2 Å². The lowest BCUT2D eigenvalue weighted by Crippen LogP contribution is -2.21. The minimum absolute atomic E-state index is 0.128. The van der Waals surface area contributed by atoms with Gasteiger partial charge in [0.1, 0.15) is 0 Å². The van der Waals surface area contributed by atoms with E-state index in [-0.39, 0.29) is 12.0 Å². The molecule has 1 aromatic rings. The minimum atomic E-state index is -0.128. The molecule has 0 saturated heterocycles. The average Bonchev–Trinajstić information content (AvgIpc) is 2.18. The first-order chi connectivity index (χ1) is 6.10. The Morgan fingerprint density at radius 3 is 2.15 bits per heavy atom. The van der Waals surface area contributed by atoms with E-state index in [0.29, 0.717) is 0 Å². The van der Waals surface area contributed by atoms with Gasteiger partial charge in [0, 0.05) is 10.3 Å². The summed E-state index contributed by atoms with van der Waals surface area (Å²) in [4.78, 5) is 1.26. The van der Waals surface area contributed by atoms with E-state index in [1.54, 1.807) is 11.8 Å². The molecule has 0 aliphatic carbocycles. The molecule has 0 aliphatic rings. The highest BCUT2D eigenvalue weighted by Gasteiger charge is 2.18. The van der Waals surface area contributed by atoms with Gasteiger partial charge in [-0.1, -0.05) is 26.0 Å². The van der Waals surface area contributed by atoms with Gasteiger partial charge in [0.05, 0.1) is 6.61 Å². The maximum absolute atomic E-state index is 9.17. The van der Waals surface area contributed by atoms with Gasteiger partial charge in [0.25, 0.3) is 0 Å². The molecule has 0 spiro atoms. The van der Waals surface area contributed by atoms with Crippen molar-refractivity contribution in [2.45, 2.75) is 24.2 Å². The van der Waals surface area contributed by atoms with Gasteiger partial charge in [-0.15, -0.1) is 11.8 Å². The van der Waals surface area contributed by atoms with Gasteiger partial charge in [-0.05, 0) is 24.0 Å². The van der Waals surface area contributed by atoms with E-state index in [9.17, 15) is 0 Å². The Morgan fingerprint density at radius 2 is 1.77 bits per heavy atom. The van der Waals surface area contributed by atoms with Gasteiger partial charge < -0.3 is 5.11 Å². The molecule has 1 rings (SSSR count). The molecule has 0 aliphatic heterocycles. The summed E-state index contributed by atoms with van der Waals surface area (Å²) in [6.07, 6.45) is 2.06. The summed E-state index contributed by atoms with van der Waals surface area (Å²) < 4.78 is 0. The van der Waals surface area contributed by atoms with E-state index < -0.39 is 0 Å². The van der Waals surface area contributed by atoms with E-state index in [0.717, 1.165) is 0 Å². The van der Waals surface area contributed by atoms with Gasteiger partial charge in [0.2, 0.25) is 0 Å². The highest BCUT2D eigenvalue weighted by atomic mass is 32.2. The van der Waals surface area contributed by atoms with E-state index >= 15 is 0 Å². The minimum Gasteiger partial charge on any atom is -0.395 e. The predicted octanol–water partition coefficient (Wildman–Crippen LogP) is 2.68. The maximum atomic E-state index is 9.17. The molecule has 0 radical (unpaired) electrons. The first-order valence-electron chi connectivity index (χ1n) is 4.35. The molecule has 0 heterocycles. The number of rotatable bonds is 3. The van der Waals surface area contributed by atoms with Crippen molar-refractivity contribution in [3.8, 4) is 0 Å². The molecular weight excluding hydrogens is 180 g/mol. The van der Waals surface area contributed by atoms with Crippen LogP contribution >= 0.6 is 11.8 Å². The summed E-state index contributed by atoms with van der Waals surface area (Å²) >= 11 is 1.73. The molecule has 2 heteroatoms. The van der Waals surface area contributed by atoms with Gasteiger partial charge in [-0.3, -0.25) is 0 Å². The number of benzene rings is 1. The van der Waals surface area contributed by atoms with Gasteiger partial charge in [0.15, 0.2) is 0 Å². The zero-order chi connectivity index (χ0) is 9.90. The third kappa shape index (κ3) is 2.48. The molecule has 1 N–H and O–H groups in total. The van der Waals surface area contributed by atoms with Crippen LogP contribution in [0.25, 0.3) is 0 Å². The summed E-state index contributed by atoms with van der Waals surface area (Å²) in [5.41, 5.74) is 1.06. The van der Waals surface area contributed by atoms with Crippen molar-refractivity contribution in [3.63, 3.8) is 0 Å². The molecular formula is C11H16OS. The van der Waals surface area contributed by atoms with Crippen LogP contribution in [0.5, 0.6) is 0 Å². The Morgan fingerprint density at radius 1 is 1.23 bits per heavy atom. The lowest BCUT2D eigenvalue weighted by Gasteiger charge is -2.22. The quantitative estimate of drug-likeness (QED) is 0.750. The van der Waals surface area contributed by atoms with Crippen LogP contribution in [-0.4, -0.2) is 18.0 Å². The van der Waals surface area contributed by atoms with Crippen LogP contribution < -0.4 is 0 Å². The third-order valence-corrected chi connectivity index (χ3v) is 3.01. The predicted molar refractivity (Wildman–Crippen MR) is 58.3 cm³/mol. The Labute approximate surface area is 84.2 Å². The molecule has 0 atom stereocenters. The topological polar surface area (TPSA) is 20.2 Å². The fraction of sp³-hybridized carbons (Fsp3) is 0.455. The summed E-state index contributed by atoms with van der Waals surface area (Å²) in [5, 5.41) is 9.17. The van der Waals surface area contributed by atoms with Crippen molar-refractivity contribution in [1.82, 2.24) is 0 Å². The number of aliphatic hydroxyl groups excluding tert-OH is 1. The zero-order valence-electron chi connectivity index (χ0n) is 8.37. The summed E-state index contributed by atoms with van der Waals surface area (Å²) in [6, 6.07) is 8.36. The standard InChI is InChI=1S/C11H16OS/c1-11(2,8-12)9-4-6-10(13-3)7-5-9/h4-7,12H,8H2,1-3H3. The van der Waals surface area contributed by atoms with Crippen LogP contribution in [0.4, 0.5) is 0 Å². The number of aliphatic hydroxyl groups is 1. The molecule has 0 saturated carbocycles. The normalized spacial score (nSPS) is 11.7. The Balaban J connectivity index is 2.92. The molecule has 0 fully saturated rings. The molecule has 0 unspecified atom stereocenters. The largest absolute Gasteiger partial charge is 0.395 e. The van der Waals surface area contributed by atoms with Crippen molar-refractivity contribution in [2.75, 3.05) is 12.9 Å². The average molecular weight is 196 g/mol. The number of hydrogen-bond acceptors (Lipinski definition) is 2. The fourth-order valence-corrected chi connectivity index (χ4v) is 1.54. The number of thioether (sulfide) groups is 1. The SMILES string of the molecule is CSc1ccc(C(C)(C)CO)cc1. The second kappa shape index (κ2) is 4.16. The smallest absolute Gasteiger partial charge is 0.0522 e. The molecule has 1 nitrogen and oxygen atoms in total. The van der Waals surface area contributed by atoms with E-state index in [1.807, 2.05) is 13.8 Å². The van der Waals surface area contributed by atoms with Gasteiger partial charge >= 0.3 is 0 Å². The lowest BCUT2D eigenvalue weighted by atomic mass is 9.86. The molecule has 72 valence electrons. The monoisotopic (exact) mass is 196 g/mol. The van der Waals surface area contributed by atoms with Crippen molar-refractivity contribution < 1.29 is 5.11 Å². The second-order valence-corrected chi connectivity index (χ2v) is 4.65. The van der Waals surface area contributed by atoms with Crippen molar-refractivity contribution in [1.29, 1.82) is 0 Å². The Kier molecular flexibility index (Phi) is 3.40.